The van der Waals surface area contributed by atoms with Gasteiger partial charge in [0, 0.05) is 12.6 Å². The monoisotopic (exact) mass is 261 g/mol. The van der Waals surface area contributed by atoms with Crippen LogP contribution in [0.4, 0.5) is 0 Å². The van der Waals surface area contributed by atoms with Gasteiger partial charge in [0.05, 0.1) is 12.0 Å². The van der Waals surface area contributed by atoms with E-state index in [1.807, 2.05) is 4.90 Å². The summed E-state index contributed by atoms with van der Waals surface area (Å²) in [4.78, 5) is 25.0. The standard InChI is InChI=1S/C15H19NO3/c1-10-6-11(2)16(9-10)14(17)8-12-4-3-5-13(7-12)15(18)19/h3-5,7,10-11H,6,8-9H2,1-2H3,(H,18,19). The van der Waals surface area contributed by atoms with Crippen molar-refractivity contribution in [3.8, 4) is 0 Å². The highest BCUT2D eigenvalue weighted by Crippen LogP contribution is 2.23. The summed E-state index contributed by atoms with van der Waals surface area (Å²) in [5, 5.41) is 8.94. The highest BCUT2D eigenvalue weighted by molar-refractivity contribution is 5.88. The number of carboxylic acid groups (broad SMARTS) is 1. The molecule has 0 aliphatic carbocycles. The zero-order valence-corrected chi connectivity index (χ0v) is 11.3. The highest BCUT2D eigenvalue weighted by atomic mass is 16.4. The van der Waals surface area contributed by atoms with E-state index in [0.717, 1.165) is 18.5 Å². The third-order valence-corrected chi connectivity index (χ3v) is 3.63. The predicted octanol–water partition coefficient (Wildman–Crippen LogP) is 2.18. The SMILES string of the molecule is CC1CC(C)N(C(=O)Cc2cccc(C(=O)O)c2)C1. The van der Waals surface area contributed by atoms with Crippen LogP contribution in [0.3, 0.4) is 0 Å². The van der Waals surface area contributed by atoms with Gasteiger partial charge in [-0.15, -0.1) is 0 Å². The van der Waals surface area contributed by atoms with Crippen molar-refractivity contribution in [1.82, 2.24) is 4.90 Å². The van der Waals surface area contributed by atoms with Gasteiger partial charge in [-0.2, -0.15) is 0 Å². The van der Waals surface area contributed by atoms with Crippen LogP contribution in [0.1, 0.15) is 36.2 Å². The summed E-state index contributed by atoms with van der Waals surface area (Å²) in [5.41, 5.74) is 0.991. The maximum absolute atomic E-state index is 12.2. The Balaban J connectivity index is 2.07. The summed E-state index contributed by atoms with van der Waals surface area (Å²) in [6, 6.07) is 6.88. The van der Waals surface area contributed by atoms with Crippen LogP contribution in [0.5, 0.6) is 0 Å². The van der Waals surface area contributed by atoms with Gasteiger partial charge >= 0.3 is 5.97 Å². The van der Waals surface area contributed by atoms with E-state index in [0.29, 0.717) is 5.92 Å². The van der Waals surface area contributed by atoms with Gasteiger partial charge in [-0.25, -0.2) is 4.79 Å². The molecule has 1 saturated heterocycles. The predicted molar refractivity (Wildman–Crippen MR) is 72.1 cm³/mol. The lowest BCUT2D eigenvalue weighted by atomic mass is 10.1. The van der Waals surface area contributed by atoms with Gasteiger partial charge in [-0.1, -0.05) is 19.1 Å². The number of benzene rings is 1. The Morgan fingerprint density at radius 2 is 2.11 bits per heavy atom. The summed E-state index contributed by atoms with van der Waals surface area (Å²) < 4.78 is 0. The van der Waals surface area contributed by atoms with Crippen molar-refractivity contribution in [2.24, 2.45) is 5.92 Å². The first-order chi connectivity index (χ1) is 8.97. The molecule has 0 radical (unpaired) electrons. The number of carbonyl (C=O) groups is 2. The van der Waals surface area contributed by atoms with E-state index >= 15 is 0 Å². The molecule has 1 aromatic rings. The molecule has 1 aliphatic rings. The van der Waals surface area contributed by atoms with Crippen molar-refractivity contribution in [2.45, 2.75) is 32.7 Å². The Morgan fingerprint density at radius 3 is 2.68 bits per heavy atom. The van der Waals surface area contributed by atoms with Gasteiger partial charge in [-0.3, -0.25) is 4.79 Å². The molecule has 2 atom stereocenters. The molecule has 1 aliphatic heterocycles. The van der Waals surface area contributed by atoms with Crippen LogP contribution in [0.25, 0.3) is 0 Å². The minimum absolute atomic E-state index is 0.0828. The maximum atomic E-state index is 12.2. The molecule has 2 unspecified atom stereocenters. The zero-order valence-electron chi connectivity index (χ0n) is 11.3. The van der Waals surface area contributed by atoms with Crippen molar-refractivity contribution < 1.29 is 14.7 Å². The van der Waals surface area contributed by atoms with Gasteiger partial charge in [0.25, 0.3) is 0 Å². The van der Waals surface area contributed by atoms with E-state index in [-0.39, 0.29) is 23.9 Å². The number of hydrogen-bond donors (Lipinski definition) is 1. The van der Waals surface area contributed by atoms with Crippen molar-refractivity contribution in [2.75, 3.05) is 6.54 Å². The van der Waals surface area contributed by atoms with Crippen molar-refractivity contribution in [3.63, 3.8) is 0 Å². The Hall–Kier alpha value is -1.84. The van der Waals surface area contributed by atoms with Gasteiger partial charge in [0.15, 0.2) is 0 Å². The third-order valence-electron chi connectivity index (χ3n) is 3.63. The van der Waals surface area contributed by atoms with E-state index < -0.39 is 5.97 Å². The van der Waals surface area contributed by atoms with Crippen LogP contribution >= 0.6 is 0 Å². The highest BCUT2D eigenvalue weighted by Gasteiger charge is 2.29. The van der Waals surface area contributed by atoms with Crippen LogP contribution in [0.2, 0.25) is 0 Å². The number of likely N-dealkylation sites (tertiary alicyclic amines) is 1. The number of carbonyl (C=O) groups excluding carboxylic acids is 1. The van der Waals surface area contributed by atoms with Crippen LogP contribution in [0, 0.1) is 5.92 Å². The zero-order chi connectivity index (χ0) is 14.0. The molecular weight excluding hydrogens is 242 g/mol. The molecule has 2 rings (SSSR count). The summed E-state index contributed by atoms with van der Waals surface area (Å²) in [6.45, 7) is 5.02. The topological polar surface area (TPSA) is 57.6 Å². The summed E-state index contributed by atoms with van der Waals surface area (Å²) >= 11 is 0. The normalized spacial score (nSPS) is 22.5. The lowest BCUT2D eigenvalue weighted by Crippen LogP contribution is -2.35. The largest absolute Gasteiger partial charge is 0.478 e. The number of carboxylic acids is 1. The van der Waals surface area contributed by atoms with Gasteiger partial charge in [-0.05, 0) is 37.0 Å². The van der Waals surface area contributed by atoms with Gasteiger partial charge in [0.1, 0.15) is 0 Å². The molecule has 1 aromatic carbocycles. The van der Waals surface area contributed by atoms with Crippen LogP contribution in [0.15, 0.2) is 24.3 Å². The van der Waals surface area contributed by atoms with E-state index in [2.05, 4.69) is 13.8 Å². The lowest BCUT2D eigenvalue weighted by Gasteiger charge is -2.21. The van der Waals surface area contributed by atoms with Gasteiger partial charge < -0.3 is 10.0 Å². The molecule has 1 fully saturated rings. The first kappa shape index (κ1) is 13.6. The Bertz CT molecular complexity index is 498. The fourth-order valence-electron chi connectivity index (χ4n) is 2.74. The quantitative estimate of drug-likeness (QED) is 0.907. The number of rotatable bonds is 3. The number of amides is 1. The number of nitrogens with zero attached hydrogens (tertiary/aromatic N) is 1. The van der Waals surface area contributed by atoms with E-state index in [4.69, 9.17) is 5.11 Å². The average molecular weight is 261 g/mol. The molecule has 102 valence electrons. The van der Waals surface area contributed by atoms with E-state index in [1.165, 1.54) is 6.07 Å². The third kappa shape index (κ3) is 3.13. The lowest BCUT2D eigenvalue weighted by molar-refractivity contribution is -0.131. The molecule has 0 spiro atoms. The Labute approximate surface area is 113 Å². The van der Waals surface area contributed by atoms with Crippen LogP contribution in [-0.2, 0) is 11.2 Å². The molecule has 1 amide bonds. The van der Waals surface area contributed by atoms with Gasteiger partial charge in [0.2, 0.25) is 5.91 Å². The second-order valence-electron chi connectivity index (χ2n) is 5.42. The maximum Gasteiger partial charge on any atom is 0.335 e. The molecule has 0 bridgehead atoms. The number of aromatic carboxylic acids is 1. The smallest absolute Gasteiger partial charge is 0.335 e. The molecule has 0 saturated carbocycles. The first-order valence-electron chi connectivity index (χ1n) is 6.59. The minimum atomic E-state index is -0.961. The molecule has 19 heavy (non-hydrogen) atoms. The fourth-order valence-corrected chi connectivity index (χ4v) is 2.74. The summed E-state index contributed by atoms with van der Waals surface area (Å²) in [6.07, 6.45) is 1.32. The Morgan fingerprint density at radius 1 is 1.37 bits per heavy atom. The first-order valence-corrected chi connectivity index (χ1v) is 6.59. The second-order valence-corrected chi connectivity index (χ2v) is 5.42. The van der Waals surface area contributed by atoms with E-state index in [9.17, 15) is 9.59 Å². The molecule has 4 nitrogen and oxygen atoms in total. The summed E-state index contributed by atoms with van der Waals surface area (Å²) in [7, 11) is 0. The molecule has 1 heterocycles. The molecule has 1 N–H and O–H groups in total. The Kier molecular flexibility index (Phi) is 3.88. The fraction of sp³-hybridized carbons (Fsp3) is 0.467. The van der Waals surface area contributed by atoms with Crippen LogP contribution in [-0.4, -0.2) is 34.5 Å². The second kappa shape index (κ2) is 5.43. The molecule has 4 heteroatoms. The molecule has 0 aromatic heterocycles. The minimum Gasteiger partial charge on any atom is -0.478 e. The summed E-state index contributed by atoms with van der Waals surface area (Å²) in [5.74, 6) is -0.332. The van der Waals surface area contributed by atoms with Crippen molar-refractivity contribution in [3.05, 3.63) is 35.4 Å². The average Bonchev–Trinajstić information content (AvgIpc) is 2.69. The van der Waals surface area contributed by atoms with Crippen molar-refractivity contribution in [1.29, 1.82) is 0 Å². The van der Waals surface area contributed by atoms with E-state index in [1.54, 1.807) is 18.2 Å². The van der Waals surface area contributed by atoms with Crippen molar-refractivity contribution >= 4 is 11.9 Å². The molecular formula is C15H19NO3. The number of hydrogen-bond acceptors (Lipinski definition) is 2. The van der Waals surface area contributed by atoms with Crippen LogP contribution < -0.4 is 0 Å².